The van der Waals surface area contributed by atoms with Crippen molar-refractivity contribution < 1.29 is 8.42 Å². The Morgan fingerprint density at radius 3 is 2.70 bits per heavy atom. The van der Waals surface area contributed by atoms with Crippen molar-refractivity contribution in [3.63, 3.8) is 0 Å². The smallest absolute Gasteiger partial charge is 0.194 e. The van der Waals surface area contributed by atoms with Crippen molar-refractivity contribution in [2.24, 2.45) is 4.99 Å². The predicted octanol–water partition coefficient (Wildman–Crippen LogP) is 1.85. The first kappa shape index (κ1) is 19.4. The van der Waals surface area contributed by atoms with Crippen LogP contribution in [0.2, 0.25) is 0 Å². The van der Waals surface area contributed by atoms with Crippen LogP contribution < -0.4 is 5.32 Å². The van der Waals surface area contributed by atoms with E-state index in [-0.39, 0.29) is 5.75 Å². The summed E-state index contributed by atoms with van der Waals surface area (Å²) >= 11 is 0. The van der Waals surface area contributed by atoms with Crippen LogP contribution in [-0.4, -0.2) is 59.2 Å². The van der Waals surface area contributed by atoms with Gasteiger partial charge in [-0.2, -0.15) is 5.10 Å². The third-order valence-corrected chi connectivity index (χ3v) is 7.28. The van der Waals surface area contributed by atoms with Gasteiger partial charge in [0.25, 0.3) is 0 Å². The van der Waals surface area contributed by atoms with Crippen molar-refractivity contribution in [1.29, 1.82) is 0 Å². The number of para-hydroxylation sites is 1. The normalized spacial score (nSPS) is 19.1. The number of rotatable bonds is 4. The number of sulfone groups is 1. The van der Waals surface area contributed by atoms with Crippen LogP contribution in [0, 0.1) is 0 Å². The van der Waals surface area contributed by atoms with E-state index in [1.165, 1.54) is 0 Å². The lowest BCUT2D eigenvalue weighted by Crippen LogP contribution is -2.57. The van der Waals surface area contributed by atoms with Crippen LogP contribution in [-0.2, 0) is 16.4 Å². The number of aromatic nitrogens is 2. The Bertz CT molecular complexity index is 903. The molecule has 1 fully saturated rings. The molecular formula is C19H27N5O2S. The second kappa shape index (κ2) is 7.72. The zero-order valence-electron chi connectivity index (χ0n) is 16.1. The highest BCUT2D eigenvalue weighted by Crippen LogP contribution is 2.23. The lowest BCUT2D eigenvalue weighted by Gasteiger charge is -2.39. The first-order chi connectivity index (χ1) is 12.8. The quantitative estimate of drug-likeness (QED) is 0.638. The van der Waals surface area contributed by atoms with E-state index in [1.807, 2.05) is 59.2 Å². The van der Waals surface area contributed by atoms with Gasteiger partial charge < -0.3 is 10.2 Å². The molecule has 1 aliphatic rings. The molecule has 3 rings (SSSR count). The summed E-state index contributed by atoms with van der Waals surface area (Å²) < 4.78 is 25.5. The Labute approximate surface area is 161 Å². The summed E-state index contributed by atoms with van der Waals surface area (Å²) in [6, 6.07) is 9.93. The third-order valence-electron chi connectivity index (χ3n) is 4.75. The van der Waals surface area contributed by atoms with Gasteiger partial charge in [-0.25, -0.2) is 18.1 Å². The fraction of sp³-hybridized carbons (Fsp3) is 0.474. The monoisotopic (exact) mass is 389 g/mol. The van der Waals surface area contributed by atoms with Crippen molar-refractivity contribution >= 4 is 15.8 Å². The molecule has 2 heterocycles. The Kier molecular flexibility index (Phi) is 5.55. The number of guanidine groups is 1. The molecule has 0 amide bonds. The van der Waals surface area contributed by atoms with E-state index in [9.17, 15) is 8.42 Å². The summed E-state index contributed by atoms with van der Waals surface area (Å²) in [7, 11) is -3.07. The van der Waals surface area contributed by atoms with Gasteiger partial charge in [0.05, 0.1) is 28.9 Å². The molecule has 1 saturated heterocycles. The summed E-state index contributed by atoms with van der Waals surface area (Å²) in [6.45, 7) is 7.68. The Balaban J connectivity index is 1.74. The molecule has 0 saturated carbocycles. The van der Waals surface area contributed by atoms with Gasteiger partial charge in [-0.05, 0) is 32.9 Å². The lowest BCUT2D eigenvalue weighted by atomic mass is 10.2. The first-order valence-electron chi connectivity index (χ1n) is 9.17. The Hall–Kier alpha value is -2.35. The molecule has 27 heavy (non-hydrogen) atoms. The molecule has 0 bridgehead atoms. The maximum Gasteiger partial charge on any atom is 0.194 e. The highest BCUT2D eigenvalue weighted by Gasteiger charge is 2.40. The van der Waals surface area contributed by atoms with Crippen LogP contribution in [0.25, 0.3) is 5.69 Å². The molecule has 8 heteroatoms. The van der Waals surface area contributed by atoms with Crippen LogP contribution >= 0.6 is 0 Å². The largest absolute Gasteiger partial charge is 0.357 e. The number of hydrogen-bond acceptors (Lipinski definition) is 4. The molecule has 0 atom stereocenters. The van der Waals surface area contributed by atoms with E-state index in [0.717, 1.165) is 23.8 Å². The molecule has 0 radical (unpaired) electrons. The predicted molar refractivity (Wildman–Crippen MR) is 108 cm³/mol. The number of nitrogens with zero attached hydrogens (tertiary/aromatic N) is 4. The van der Waals surface area contributed by atoms with Crippen molar-refractivity contribution in [2.45, 2.75) is 32.1 Å². The number of hydrogen-bond donors (Lipinski definition) is 1. The summed E-state index contributed by atoms with van der Waals surface area (Å²) in [4.78, 5) is 6.74. The highest BCUT2D eigenvalue weighted by atomic mass is 32.2. The van der Waals surface area contributed by atoms with E-state index in [2.05, 4.69) is 10.4 Å². The highest BCUT2D eigenvalue weighted by molar-refractivity contribution is 7.92. The lowest BCUT2D eigenvalue weighted by molar-refractivity contribution is 0.353. The maximum atomic E-state index is 12.2. The zero-order chi connectivity index (χ0) is 19.5. The van der Waals surface area contributed by atoms with E-state index in [0.29, 0.717) is 19.6 Å². The Morgan fingerprint density at radius 1 is 1.30 bits per heavy atom. The van der Waals surface area contributed by atoms with Gasteiger partial charge in [0.1, 0.15) is 0 Å². The van der Waals surface area contributed by atoms with Gasteiger partial charge in [0.15, 0.2) is 15.8 Å². The number of nitrogens with one attached hydrogen (secondary N) is 1. The van der Waals surface area contributed by atoms with Crippen LogP contribution in [0.1, 0.15) is 26.3 Å². The molecule has 1 aliphatic heterocycles. The molecule has 1 aromatic carbocycles. The molecule has 1 N–H and O–H groups in total. The van der Waals surface area contributed by atoms with Crippen LogP contribution in [0.3, 0.4) is 0 Å². The van der Waals surface area contributed by atoms with Crippen LogP contribution in [0.4, 0.5) is 0 Å². The number of aliphatic imine (C=N–C) groups is 1. The van der Waals surface area contributed by atoms with Gasteiger partial charge in [0.2, 0.25) is 0 Å². The van der Waals surface area contributed by atoms with Gasteiger partial charge in [-0.1, -0.05) is 18.2 Å². The first-order valence-corrected chi connectivity index (χ1v) is 10.8. The molecule has 0 spiro atoms. The second-order valence-electron chi connectivity index (χ2n) is 7.30. The summed E-state index contributed by atoms with van der Waals surface area (Å²) in [5.74, 6) is 0.893. The fourth-order valence-corrected chi connectivity index (χ4v) is 4.45. The molecule has 146 valence electrons. The second-order valence-corrected chi connectivity index (χ2v) is 10.0. The third kappa shape index (κ3) is 4.32. The molecule has 2 aromatic rings. The van der Waals surface area contributed by atoms with E-state index in [1.54, 1.807) is 13.8 Å². The van der Waals surface area contributed by atoms with Crippen molar-refractivity contribution in [1.82, 2.24) is 20.0 Å². The molecular weight excluding hydrogens is 362 g/mol. The van der Waals surface area contributed by atoms with Crippen molar-refractivity contribution in [3.05, 3.63) is 48.3 Å². The van der Waals surface area contributed by atoms with Crippen molar-refractivity contribution in [2.75, 3.05) is 25.4 Å². The van der Waals surface area contributed by atoms with Gasteiger partial charge in [-0.3, -0.25) is 0 Å². The average Bonchev–Trinajstić information content (AvgIpc) is 3.11. The molecule has 7 nitrogen and oxygen atoms in total. The molecule has 0 aliphatic carbocycles. The van der Waals surface area contributed by atoms with Crippen LogP contribution in [0.5, 0.6) is 0 Å². The minimum atomic E-state index is -3.07. The van der Waals surface area contributed by atoms with E-state index in [4.69, 9.17) is 4.99 Å². The van der Waals surface area contributed by atoms with Crippen molar-refractivity contribution in [3.8, 4) is 5.69 Å². The zero-order valence-corrected chi connectivity index (χ0v) is 16.9. The summed E-state index contributed by atoms with van der Waals surface area (Å²) in [5, 5.41) is 7.68. The van der Waals surface area contributed by atoms with E-state index < -0.39 is 14.6 Å². The summed E-state index contributed by atoms with van der Waals surface area (Å²) in [5.41, 5.74) is 2.00. The van der Waals surface area contributed by atoms with Gasteiger partial charge >= 0.3 is 0 Å². The topological polar surface area (TPSA) is 79.6 Å². The maximum absolute atomic E-state index is 12.2. The number of benzene rings is 1. The van der Waals surface area contributed by atoms with Gasteiger partial charge in [-0.15, -0.1) is 0 Å². The van der Waals surface area contributed by atoms with Gasteiger partial charge in [0, 0.05) is 31.4 Å². The summed E-state index contributed by atoms with van der Waals surface area (Å²) in [6.07, 6.45) is 3.78. The minimum Gasteiger partial charge on any atom is -0.357 e. The van der Waals surface area contributed by atoms with Crippen LogP contribution in [0.15, 0.2) is 47.7 Å². The average molecular weight is 390 g/mol. The Morgan fingerprint density at radius 2 is 2.04 bits per heavy atom. The minimum absolute atomic E-state index is 0.149. The molecule has 1 aromatic heterocycles. The van der Waals surface area contributed by atoms with E-state index >= 15 is 0 Å². The SMILES string of the molecule is CCNC(=NCc1cnn(-c2ccccc2)c1)N1CCS(=O)(=O)C(C)(C)C1. The molecule has 0 unspecified atom stereocenters. The standard InChI is InChI=1S/C19H27N5O2S/c1-4-20-18(23-10-11-27(25,26)19(2,3)15-23)21-12-16-13-22-24(14-16)17-8-6-5-7-9-17/h5-9,13-14H,4,10-12,15H2,1-3H3,(H,20,21). The fourth-order valence-electron chi connectivity index (χ4n) is 3.08.